The Kier molecular flexibility index (Phi) is 11.9. The number of hydrogen-bond acceptors (Lipinski definition) is 15. The Morgan fingerprint density at radius 1 is 1.12 bits per heavy atom. The van der Waals surface area contributed by atoms with Gasteiger partial charge in [0.15, 0.2) is 11.9 Å². The van der Waals surface area contributed by atoms with Crippen LogP contribution in [0.15, 0.2) is 59.7 Å². The van der Waals surface area contributed by atoms with Gasteiger partial charge < -0.3 is 46.8 Å². The number of benzene rings is 1. The maximum Gasteiger partial charge on any atom is 1.00 e. The summed E-state index contributed by atoms with van der Waals surface area (Å²) in [5.41, 5.74) is 6.00. The zero-order chi connectivity index (χ0) is 34.5. The van der Waals surface area contributed by atoms with Crippen LogP contribution in [0, 0.1) is 0 Å². The van der Waals surface area contributed by atoms with Gasteiger partial charge in [0.25, 0.3) is 5.91 Å². The number of ether oxygens (including phenoxy) is 1. The molecule has 4 heterocycles. The van der Waals surface area contributed by atoms with Crippen molar-refractivity contribution in [2.24, 2.45) is 0 Å². The molecule has 1 fully saturated rings. The van der Waals surface area contributed by atoms with E-state index in [0.29, 0.717) is 11.4 Å². The van der Waals surface area contributed by atoms with Gasteiger partial charge in [0.05, 0.1) is 25.0 Å². The molecule has 0 spiro atoms. The van der Waals surface area contributed by atoms with Crippen LogP contribution in [0.3, 0.4) is 0 Å². The van der Waals surface area contributed by atoms with Gasteiger partial charge in [-0.25, -0.2) is 24.5 Å². The number of carboxylic acid groups (broad SMARTS) is 1. The number of fused-ring (bicyclic) bond motifs is 1. The summed E-state index contributed by atoms with van der Waals surface area (Å²) in [5, 5.41) is 48.8. The second-order valence-corrected chi connectivity index (χ2v) is 10.5. The molecule has 8 N–H and O–H groups in total. The first kappa shape index (κ1) is 36.8. The van der Waals surface area contributed by atoms with E-state index in [1.807, 2.05) is 0 Å². The minimum atomic E-state index is -1.41. The minimum absolute atomic E-state index is 0. The topological polar surface area (TPSA) is 293 Å². The fourth-order valence-electron chi connectivity index (χ4n) is 4.69. The first-order chi connectivity index (χ1) is 22.9. The molecule has 1 aromatic carbocycles. The Morgan fingerprint density at radius 2 is 1.86 bits per heavy atom. The molecule has 0 unspecified atom stereocenters. The average molecular weight is 685 g/mol. The maximum atomic E-state index is 12.8. The summed E-state index contributed by atoms with van der Waals surface area (Å²) in [6.45, 7) is 3.38. The van der Waals surface area contributed by atoms with E-state index in [9.17, 15) is 39.6 Å². The van der Waals surface area contributed by atoms with E-state index in [-0.39, 0.29) is 83.0 Å². The third-order valence-electron chi connectivity index (χ3n) is 7.21. The molecule has 5 rings (SSSR count). The number of carboxylic acids is 1. The number of aliphatic carboxylic acids is 1. The molecule has 250 valence electrons. The first-order valence-corrected chi connectivity index (χ1v) is 14.3. The molecule has 4 aromatic rings. The zero-order valence-electron chi connectivity index (χ0n) is 25.9. The van der Waals surface area contributed by atoms with Crippen molar-refractivity contribution in [3.63, 3.8) is 0 Å². The number of nitrogens with two attached hydrogens (primary N) is 1. The second-order valence-electron chi connectivity index (χ2n) is 10.5. The van der Waals surface area contributed by atoms with E-state index in [1.54, 1.807) is 12.1 Å². The number of nitrogens with one attached hydrogen (secondary N) is 3. The molecular formula is C29H29N10NaO9. The van der Waals surface area contributed by atoms with Crippen molar-refractivity contribution >= 4 is 46.4 Å². The summed E-state index contributed by atoms with van der Waals surface area (Å²) < 4.78 is 6.48. The zero-order valence-corrected chi connectivity index (χ0v) is 27.9. The average Bonchev–Trinajstić information content (AvgIpc) is 3.34. The summed E-state index contributed by atoms with van der Waals surface area (Å²) in [6, 6.07) is 5.98. The van der Waals surface area contributed by atoms with Gasteiger partial charge in [-0.15, -0.1) is 0 Å². The van der Waals surface area contributed by atoms with Gasteiger partial charge in [0.2, 0.25) is 11.9 Å². The van der Waals surface area contributed by atoms with Crippen LogP contribution in [0.2, 0.25) is 0 Å². The molecule has 3 aromatic heterocycles. The van der Waals surface area contributed by atoms with E-state index in [2.05, 4.69) is 47.4 Å². The summed E-state index contributed by atoms with van der Waals surface area (Å²) in [6.07, 6.45) is -1.11. The van der Waals surface area contributed by atoms with Crippen molar-refractivity contribution < 1.29 is 69.1 Å². The van der Waals surface area contributed by atoms with E-state index < -0.39 is 60.4 Å². The summed E-state index contributed by atoms with van der Waals surface area (Å²) >= 11 is 0. The monoisotopic (exact) mass is 684 g/mol. The number of aliphatic hydroxyl groups excluding tert-OH is 2. The number of rotatable bonds is 12. The smallest absolute Gasteiger partial charge is 0.857 e. The number of hydrogen-bond donors (Lipinski definition) is 7. The van der Waals surface area contributed by atoms with Crippen LogP contribution in [0.25, 0.3) is 11.2 Å². The fraction of sp³-hybridized carbons (Fsp3) is 0.276. The molecule has 0 radical (unpaired) electrons. The fourth-order valence-corrected chi connectivity index (χ4v) is 4.69. The molecule has 20 heteroatoms. The Hall–Kier alpha value is -5.05. The maximum absolute atomic E-state index is 12.8. The number of aromatic nitrogens is 6. The molecule has 0 saturated carbocycles. The number of amides is 2. The first-order valence-electron chi connectivity index (χ1n) is 14.3. The van der Waals surface area contributed by atoms with Crippen LogP contribution in [-0.4, -0.2) is 87.4 Å². The van der Waals surface area contributed by atoms with E-state index in [4.69, 9.17) is 10.5 Å². The molecule has 1 aliphatic rings. The van der Waals surface area contributed by atoms with Crippen LogP contribution in [0.4, 0.5) is 17.5 Å². The summed E-state index contributed by atoms with van der Waals surface area (Å²) in [5.74, 6) is -3.67. The van der Waals surface area contributed by atoms with Crippen LogP contribution < -0.4 is 62.0 Å². The Balaban J connectivity index is 0.00000541. The van der Waals surface area contributed by atoms with Crippen molar-refractivity contribution in [3.8, 4) is 5.88 Å². The molecule has 0 bridgehead atoms. The van der Waals surface area contributed by atoms with E-state index >= 15 is 0 Å². The van der Waals surface area contributed by atoms with Gasteiger partial charge in [-0.2, -0.15) is 9.97 Å². The number of aliphatic hydroxyl groups is 2. The molecule has 2 amide bonds. The van der Waals surface area contributed by atoms with Gasteiger partial charge in [0, 0.05) is 35.3 Å². The number of nitrogens with zero attached hydrogens (tertiary/aromatic N) is 6. The quantitative estimate of drug-likeness (QED) is 0.0548. The predicted molar refractivity (Wildman–Crippen MR) is 164 cm³/mol. The van der Waals surface area contributed by atoms with Gasteiger partial charge in [-0.05, 0) is 36.8 Å². The van der Waals surface area contributed by atoms with Crippen LogP contribution in [-0.2, 0) is 20.9 Å². The van der Waals surface area contributed by atoms with Gasteiger partial charge >= 0.3 is 41.2 Å². The number of carbonyl (C=O) groups excluding carboxylic acids is 2. The molecule has 1 saturated heterocycles. The third-order valence-corrected chi connectivity index (χ3v) is 7.21. The van der Waals surface area contributed by atoms with Crippen molar-refractivity contribution in [1.82, 2.24) is 34.8 Å². The predicted octanol–water partition coefficient (Wildman–Crippen LogP) is -4.34. The van der Waals surface area contributed by atoms with Crippen LogP contribution >= 0.6 is 0 Å². The van der Waals surface area contributed by atoms with Crippen molar-refractivity contribution in [1.29, 1.82) is 0 Å². The molecule has 49 heavy (non-hydrogen) atoms. The van der Waals surface area contributed by atoms with Crippen LogP contribution in [0.5, 0.6) is 5.88 Å². The third kappa shape index (κ3) is 8.71. The largest absolute Gasteiger partial charge is 1.00 e. The standard InChI is InChI=1S/C29H30N10O9.Na/c1-13-22(42)18(12-40)48-26(13)39-9-8-19(36-29(39)47)35-20(41)7-6-17(27(45)46)34-24(43)14-2-4-15(5-3-14)31-10-16-11-32-23-21(33-16)25(44)38-28(30)37-23;/h2-5,8-9,11,17-18,22,26,31,40,42H,1,6-7,10,12H2,(H,34,43)(H,45,46)(H,35,36,41,47)(H3,30,32,37,38,44);/q;+1/p-1/t17-,18+,22-,26+;/m0./s1. The van der Waals surface area contributed by atoms with Crippen molar-refractivity contribution in [2.75, 3.05) is 23.0 Å². The molecule has 19 nitrogen and oxygen atoms in total. The van der Waals surface area contributed by atoms with Gasteiger partial charge in [-0.3, -0.25) is 14.2 Å². The summed E-state index contributed by atoms with van der Waals surface area (Å²) in [7, 11) is 0. The second kappa shape index (κ2) is 15.9. The number of carbonyl (C=O) groups is 3. The summed E-state index contributed by atoms with van der Waals surface area (Å²) in [4.78, 5) is 69.1. The Labute approximate surface area is 298 Å². The number of nitrogen functional groups attached to an aromatic ring is 1. The normalized spacial score (nSPS) is 17.6. The molecule has 4 atom stereocenters. The van der Waals surface area contributed by atoms with Gasteiger partial charge in [-0.1, -0.05) is 6.58 Å². The van der Waals surface area contributed by atoms with E-state index in [0.717, 1.165) is 4.57 Å². The Morgan fingerprint density at radius 3 is 2.51 bits per heavy atom. The minimum Gasteiger partial charge on any atom is -0.857 e. The Bertz CT molecular complexity index is 1940. The molecular weight excluding hydrogens is 655 g/mol. The van der Waals surface area contributed by atoms with Crippen molar-refractivity contribution in [3.05, 3.63) is 76.6 Å². The van der Waals surface area contributed by atoms with Gasteiger partial charge in [0.1, 0.15) is 29.6 Å². The van der Waals surface area contributed by atoms with E-state index in [1.165, 1.54) is 30.6 Å². The molecule has 0 aliphatic carbocycles. The number of anilines is 3. The molecule has 1 aliphatic heterocycles. The van der Waals surface area contributed by atoms with Crippen LogP contribution in [0.1, 0.15) is 35.1 Å². The SMILES string of the molecule is C=C1[C@H](n2ccc(NC(=O)CC[C@H](NC(=O)c3ccc(NCc4cnc5nc(N)nc([O-])c5n4)cc3)C(=O)O)nc2=O)O[C@H](CO)[C@H]1O.[Na+]. The van der Waals surface area contributed by atoms with Crippen molar-refractivity contribution in [2.45, 2.75) is 43.9 Å².